The summed E-state index contributed by atoms with van der Waals surface area (Å²) in [7, 11) is 0. The number of urea groups is 1. The molecule has 0 aliphatic carbocycles. The van der Waals surface area contributed by atoms with Crippen molar-refractivity contribution < 1.29 is 25.8 Å². The molecule has 0 aromatic carbocycles. The third-order valence-electron chi connectivity index (χ3n) is 0. The third-order valence-corrected chi connectivity index (χ3v) is 0. The van der Waals surface area contributed by atoms with Gasteiger partial charge in [-0.3, -0.25) is 21.0 Å². The van der Waals surface area contributed by atoms with Crippen molar-refractivity contribution in [3.05, 3.63) is 0 Å². The van der Waals surface area contributed by atoms with Crippen molar-refractivity contribution >= 4 is 6.03 Å². The summed E-state index contributed by atoms with van der Waals surface area (Å²) in [5.74, 6) is 0. The van der Waals surface area contributed by atoms with Crippen LogP contribution in [-0.4, -0.2) is 27.1 Å². The molecule has 0 radical (unpaired) electrons. The van der Waals surface area contributed by atoms with Gasteiger partial charge in [0.1, 0.15) is 0 Å². The fourth-order valence-electron chi connectivity index (χ4n) is 0. The normalized spacial score (nSPS) is 4.50. The molecule has 0 saturated carbocycles. The van der Waals surface area contributed by atoms with E-state index in [4.69, 9.17) is 25.8 Å². The fourth-order valence-corrected chi connectivity index (χ4v) is 0. The summed E-state index contributed by atoms with van der Waals surface area (Å²) in [6, 6.07) is -0.833. The second-order valence-corrected chi connectivity index (χ2v) is 0.402. The van der Waals surface area contributed by atoms with Gasteiger partial charge in [-0.25, -0.2) is 4.79 Å². The van der Waals surface area contributed by atoms with Gasteiger partial charge in [0.05, 0.1) is 0 Å². The van der Waals surface area contributed by atoms with E-state index in [0.717, 1.165) is 0 Å². The predicted molar refractivity (Wildman–Crippen MR) is 24.3 cm³/mol. The molecule has 0 saturated heterocycles. The topological polar surface area (TPSA) is 150 Å². The standard InChI is InChI=1S/CH4N2O.2H2O2/c2-1(3)4;2*1-2/h(H4,2,3,4);2*1-2H. The molecule has 0 aromatic rings. The Kier molecular flexibility index (Phi) is 70.4. The molecule has 2 amide bonds. The van der Waals surface area contributed by atoms with Crippen molar-refractivity contribution in [2.24, 2.45) is 11.5 Å². The number of carbonyl (C=O) groups excluding carboxylic acids is 1. The minimum absolute atomic E-state index is 0.833. The van der Waals surface area contributed by atoms with Crippen molar-refractivity contribution in [1.29, 1.82) is 0 Å². The average Bonchev–Trinajstić information content (AvgIpc) is 1.75. The predicted octanol–water partition coefficient (Wildman–Crippen LogP) is -0.941. The highest BCUT2D eigenvalue weighted by molar-refractivity contribution is 5.69. The smallest absolute Gasteiger partial charge is 0.309 e. The first-order valence-corrected chi connectivity index (χ1v) is 1.18. The van der Waals surface area contributed by atoms with Gasteiger partial charge >= 0.3 is 6.03 Å². The molecule has 8 heavy (non-hydrogen) atoms. The lowest BCUT2D eigenvalue weighted by Gasteiger charge is -1.62. The number of rotatable bonds is 0. The Morgan fingerprint density at radius 2 is 1.00 bits per heavy atom. The van der Waals surface area contributed by atoms with Crippen LogP contribution in [0.1, 0.15) is 0 Å². The molecular weight excluding hydrogens is 120 g/mol. The van der Waals surface area contributed by atoms with E-state index in [1.807, 2.05) is 0 Å². The molecule has 0 rings (SSSR count). The largest absolute Gasteiger partial charge is 0.352 e. The molecule has 7 heteroatoms. The third kappa shape index (κ3) is 109. The Morgan fingerprint density at radius 3 is 1.00 bits per heavy atom. The summed E-state index contributed by atoms with van der Waals surface area (Å²) >= 11 is 0. The maximum Gasteiger partial charge on any atom is 0.309 e. The summed E-state index contributed by atoms with van der Waals surface area (Å²) in [5, 5.41) is 24.0. The van der Waals surface area contributed by atoms with Crippen molar-refractivity contribution in [3.63, 3.8) is 0 Å². The molecule has 52 valence electrons. The van der Waals surface area contributed by atoms with E-state index in [-0.39, 0.29) is 0 Å². The second-order valence-electron chi connectivity index (χ2n) is 0.402. The lowest BCUT2D eigenvalue weighted by atomic mass is 11.2. The van der Waals surface area contributed by atoms with E-state index < -0.39 is 6.03 Å². The maximum absolute atomic E-state index is 9.00. The van der Waals surface area contributed by atoms with Crippen molar-refractivity contribution in [3.8, 4) is 0 Å². The van der Waals surface area contributed by atoms with Gasteiger partial charge in [-0.05, 0) is 0 Å². The number of nitrogens with two attached hydrogens (primary N) is 2. The van der Waals surface area contributed by atoms with E-state index in [2.05, 4.69) is 11.5 Å². The Bertz CT molecular complexity index is 33.4. The molecule has 0 aliphatic heterocycles. The van der Waals surface area contributed by atoms with Crippen LogP contribution >= 0.6 is 0 Å². The first-order valence-electron chi connectivity index (χ1n) is 1.18. The molecule has 8 N–H and O–H groups in total. The molecule has 0 spiro atoms. The van der Waals surface area contributed by atoms with Crippen LogP contribution in [0.25, 0.3) is 0 Å². The van der Waals surface area contributed by atoms with Gasteiger partial charge in [-0.2, -0.15) is 0 Å². The molecule has 0 unspecified atom stereocenters. The van der Waals surface area contributed by atoms with Gasteiger partial charge < -0.3 is 11.5 Å². The van der Waals surface area contributed by atoms with Crippen molar-refractivity contribution in [2.75, 3.05) is 0 Å². The van der Waals surface area contributed by atoms with Gasteiger partial charge in [0, 0.05) is 0 Å². The molecule has 0 fully saturated rings. The van der Waals surface area contributed by atoms with Crippen molar-refractivity contribution in [1.82, 2.24) is 0 Å². The van der Waals surface area contributed by atoms with E-state index >= 15 is 0 Å². The Morgan fingerprint density at radius 1 is 1.00 bits per heavy atom. The molecule has 0 heterocycles. The zero-order valence-corrected chi connectivity index (χ0v) is 3.85. The average molecular weight is 128 g/mol. The van der Waals surface area contributed by atoms with Gasteiger partial charge in [-0.15, -0.1) is 0 Å². The highest BCUT2D eigenvalue weighted by atomic mass is 17.0. The minimum Gasteiger partial charge on any atom is -0.352 e. The molecule has 0 aromatic heterocycles. The van der Waals surface area contributed by atoms with E-state index in [9.17, 15) is 0 Å². The zero-order valence-electron chi connectivity index (χ0n) is 3.85. The Hall–Kier alpha value is -0.890. The van der Waals surface area contributed by atoms with Gasteiger partial charge in [0.15, 0.2) is 0 Å². The van der Waals surface area contributed by atoms with Gasteiger partial charge in [0.2, 0.25) is 0 Å². The number of hydrogen-bond acceptors (Lipinski definition) is 5. The Labute approximate surface area is 44.6 Å². The SMILES string of the molecule is NC(N)=O.OO.OO. The van der Waals surface area contributed by atoms with Crippen molar-refractivity contribution in [2.45, 2.75) is 0 Å². The summed E-state index contributed by atoms with van der Waals surface area (Å²) in [5.41, 5.74) is 8.50. The number of carbonyl (C=O) groups is 1. The summed E-state index contributed by atoms with van der Waals surface area (Å²) in [6.07, 6.45) is 0. The van der Waals surface area contributed by atoms with Crippen LogP contribution in [0.15, 0.2) is 0 Å². The van der Waals surface area contributed by atoms with Crippen LogP contribution in [0, 0.1) is 0 Å². The van der Waals surface area contributed by atoms with Crippen LogP contribution in [-0.2, 0) is 0 Å². The first-order chi connectivity index (χ1) is 3.73. The van der Waals surface area contributed by atoms with Crippen LogP contribution in [0.2, 0.25) is 0 Å². The zero-order chi connectivity index (χ0) is 7.58. The highest BCUT2D eigenvalue weighted by Crippen LogP contribution is 1.25. The molecule has 0 aliphatic rings. The van der Waals surface area contributed by atoms with E-state index in [1.54, 1.807) is 0 Å². The second kappa shape index (κ2) is 35.8. The van der Waals surface area contributed by atoms with E-state index in [1.165, 1.54) is 0 Å². The molecule has 0 atom stereocenters. The fraction of sp³-hybridized carbons (Fsp3) is 0. The number of hydrogen-bond donors (Lipinski definition) is 6. The quantitative estimate of drug-likeness (QED) is 0.184. The molecule has 7 nitrogen and oxygen atoms in total. The highest BCUT2D eigenvalue weighted by Gasteiger charge is 1.60. The van der Waals surface area contributed by atoms with E-state index in [0.29, 0.717) is 0 Å². The van der Waals surface area contributed by atoms with Crippen LogP contribution in [0.4, 0.5) is 4.79 Å². The molecular formula is CH8N2O5. The summed E-state index contributed by atoms with van der Waals surface area (Å²) in [4.78, 5) is 9.00. The van der Waals surface area contributed by atoms with Crippen LogP contribution in [0.5, 0.6) is 0 Å². The lowest BCUT2D eigenvalue weighted by Crippen LogP contribution is -2.18. The first kappa shape index (κ1) is 15.7. The Balaban J connectivity index is -0.0000000542. The van der Waals surface area contributed by atoms with Crippen LogP contribution < -0.4 is 11.5 Å². The van der Waals surface area contributed by atoms with Gasteiger partial charge in [-0.1, -0.05) is 0 Å². The monoisotopic (exact) mass is 128 g/mol. The summed E-state index contributed by atoms with van der Waals surface area (Å²) < 4.78 is 0. The van der Waals surface area contributed by atoms with Crippen LogP contribution in [0.3, 0.4) is 0 Å². The maximum atomic E-state index is 9.00. The number of primary amides is 2. The number of amides is 2. The minimum atomic E-state index is -0.833. The summed E-state index contributed by atoms with van der Waals surface area (Å²) in [6.45, 7) is 0. The molecule has 0 bridgehead atoms. The lowest BCUT2D eigenvalue weighted by molar-refractivity contribution is -0.176. The van der Waals surface area contributed by atoms with Gasteiger partial charge in [0.25, 0.3) is 0 Å².